The van der Waals surface area contributed by atoms with Gasteiger partial charge in [0.15, 0.2) is 17.5 Å². The van der Waals surface area contributed by atoms with Crippen LogP contribution in [0, 0.1) is 0 Å². The van der Waals surface area contributed by atoms with Gasteiger partial charge in [0.1, 0.15) is 0 Å². The van der Waals surface area contributed by atoms with Gasteiger partial charge in [-0.15, -0.1) is 0 Å². The zero-order chi connectivity index (χ0) is 37.0. The molecular weight excluding hydrogens is 683 g/mol. The standard InChI is InChI=1S/C51H33N5/c1-3-9-32(10-4-1)33-15-19-36(20-16-33)50-54-49(35-11-5-2-6-12-35)55-51(56-50)37-21-17-34(18-22-37)38-23-25-43-45(29-38)47-41-13-7-8-14-42(41)48(43)46-30-39(24-26-44(46)47)40-27-28-52-53-31-40/h1-31,47-48H. The van der Waals surface area contributed by atoms with Gasteiger partial charge in [-0.25, -0.2) is 15.0 Å². The molecule has 0 saturated heterocycles. The van der Waals surface area contributed by atoms with Gasteiger partial charge in [-0.2, -0.15) is 10.2 Å². The van der Waals surface area contributed by atoms with Gasteiger partial charge in [-0.05, 0) is 79.4 Å². The lowest BCUT2D eigenvalue weighted by Gasteiger charge is -2.42. The molecule has 2 bridgehead atoms. The molecule has 12 rings (SSSR count). The molecule has 262 valence electrons. The first-order valence-corrected chi connectivity index (χ1v) is 19.0. The van der Waals surface area contributed by atoms with Crippen molar-refractivity contribution < 1.29 is 0 Å². The molecule has 0 fully saturated rings. The number of nitrogens with zero attached hydrogens (tertiary/aromatic N) is 5. The van der Waals surface area contributed by atoms with Crippen molar-refractivity contribution in [3.05, 3.63) is 222 Å². The van der Waals surface area contributed by atoms with Crippen molar-refractivity contribution in [1.29, 1.82) is 0 Å². The third kappa shape index (κ3) is 5.44. The van der Waals surface area contributed by atoms with Crippen LogP contribution in [0.2, 0.25) is 0 Å². The van der Waals surface area contributed by atoms with Crippen LogP contribution in [0.5, 0.6) is 0 Å². The molecule has 56 heavy (non-hydrogen) atoms. The molecule has 3 aliphatic rings. The Morgan fingerprint density at radius 1 is 0.268 bits per heavy atom. The molecule has 0 radical (unpaired) electrons. The molecule has 2 aromatic heterocycles. The van der Waals surface area contributed by atoms with Gasteiger partial charge in [0, 0.05) is 34.1 Å². The summed E-state index contributed by atoms with van der Waals surface area (Å²) in [4.78, 5) is 15.0. The Bertz CT molecular complexity index is 2890. The molecule has 0 N–H and O–H groups in total. The summed E-state index contributed by atoms with van der Waals surface area (Å²) < 4.78 is 0. The van der Waals surface area contributed by atoms with Crippen LogP contribution >= 0.6 is 0 Å². The molecule has 7 aromatic carbocycles. The summed E-state index contributed by atoms with van der Waals surface area (Å²) in [6.07, 6.45) is 3.60. The summed E-state index contributed by atoms with van der Waals surface area (Å²) in [5.74, 6) is 2.29. The van der Waals surface area contributed by atoms with Gasteiger partial charge in [-0.3, -0.25) is 0 Å². The van der Waals surface area contributed by atoms with E-state index in [2.05, 4.69) is 144 Å². The van der Waals surface area contributed by atoms with E-state index in [0.29, 0.717) is 17.5 Å². The van der Waals surface area contributed by atoms with Gasteiger partial charge in [0.2, 0.25) is 0 Å². The van der Waals surface area contributed by atoms with Crippen LogP contribution in [0.25, 0.3) is 67.5 Å². The highest BCUT2D eigenvalue weighted by Gasteiger charge is 2.41. The average molecular weight is 716 g/mol. The van der Waals surface area contributed by atoms with Gasteiger partial charge in [-0.1, -0.05) is 158 Å². The Kier molecular flexibility index (Phi) is 7.56. The molecule has 5 nitrogen and oxygen atoms in total. The van der Waals surface area contributed by atoms with E-state index in [1.807, 2.05) is 48.7 Å². The van der Waals surface area contributed by atoms with Crippen LogP contribution in [0.4, 0.5) is 0 Å². The predicted molar refractivity (Wildman–Crippen MR) is 223 cm³/mol. The maximum absolute atomic E-state index is 5.03. The van der Waals surface area contributed by atoms with E-state index in [9.17, 15) is 0 Å². The molecule has 0 saturated carbocycles. The normalized spacial score (nSPS) is 14.8. The van der Waals surface area contributed by atoms with Crippen LogP contribution in [0.1, 0.15) is 45.2 Å². The summed E-state index contributed by atoms with van der Waals surface area (Å²) in [5.41, 5.74) is 18.1. The van der Waals surface area contributed by atoms with Gasteiger partial charge in [0.05, 0.1) is 12.4 Å². The van der Waals surface area contributed by atoms with Gasteiger partial charge < -0.3 is 0 Å². The molecule has 2 atom stereocenters. The number of benzene rings is 7. The lowest BCUT2D eigenvalue weighted by Crippen LogP contribution is -2.27. The van der Waals surface area contributed by atoms with Crippen LogP contribution < -0.4 is 0 Å². The van der Waals surface area contributed by atoms with Crippen molar-refractivity contribution in [3.8, 4) is 67.5 Å². The van der Waals surface area contributed by atoms with E-state index in [0.717, 1.165) is 33.4 Å². The molecule has 5 heteroatoms. The minimum atomic E-state index is 0.173. The van der Waals surface area contributed by atoms with Crippen LogP contribution in [-0.2, 0) is 0 Å². The van der Waals surface area contributed by atoms with E-state index >= 15 is 0 Å². The lowest BCUT2D eigenvalue weighted by atomic mass is 9.60. The lowest BCUT2D eigenvalue weighted by molar-refractivity contribution is 0.755. The second-order valence-corrected chi connectivity index (χ2v) is 14.5. The quantitative estimate of drug-likeness (QED) is 0.171. The summed E-state index contributed by atoms with van der Waals surface area (Å²) in [6, 6.07) is 62.6. The Morgan fingerprint density at radius 3 is 1.14 bits per heavy atom. The van der Waals surface area contributed by atoms with Crippen molar-refractivity contribution in [2.24, 2.45) is 0 Å². The SMILES string of the molecule is c1ccc(-c2ccc(-c3nc(-c4ccccc4)nc(-c4ccc(-c5ccc6c(c5)C5c7ccccc7C6c6cc(-c7ccnnc7)ccc65)cc4)n3)cc2)cc1. The predicted octanol–water partition coefficient (Wildman–Crippen LogP) is 11.7. The van der Waals surface area contributed by atoms with Crippen molar-refractivity contribution in [2.75, 3.05) is 0 Å². The highest BCUT2D eigenvalue weighted by Crippen LogP contribution is 2.56. The monoisotopic (exact) mass is 715 g/mol. The molecule has 0 aliphatic heterocycles. The zero-order valence-corrected chi connectivity index (χ0v) is 30.3. The highest BCUT2D eigenvalue weighted by atomic mass is 15.1. The zero-order valence-electron chi connectivity index (χ0n) is 30.3. The maximum Gasteiger partial charge on any atom is 0.164 e. The Hall–Kier alpha value is -7.37. The number of rotatable bonds is 6. The molecule has 2 heterocycles. The first kappa shape index (κ1) is 32.1. The fraction of sp³-hybridized carbons (Fsp3) is 0.0392. The Morgan fingerprint density at radius 2 is 0.643 bits per heavy atom. The summed E-state index contributed by atoms with van der Waals surface area (Å²) in [5, 5.41) is 8.13. The van der Waals surface area contributed by atoms with Crippen molar-refractivity contribution in [2.45, 2.75) is 11.8 Å². The molecule has 2 unspecified atom stereocenters. The smallest absolute Gasteiger partial charge is 0.164 e. The number of hydrogen-bond acceptors (Lipinski definition) is 5. The second kappa shape index (κ2) is 13.2. The minimum Gasteiger partial charge on any atom is -0.208 e. The summed E-state index contributed by atoms with van der Waals surface area (Å²) in [6.45, 7) is 0. The van der Waals surface area contributed by atoms with Crippen molar-refractivity contribution in [1.82, 2.24) is 25.1 Å². The van der Waals surface area contributed by atoms with E-state index < -0.39 is 0 Å². The van der Waals surface area contributed by atoms with E-state index in [4.69, 9.17) is 15.0 Å². The Balaban J connectivity index is 0.949. The molecule has 0 spiro atoms. The Labute approximate surface area is 325 Å². The van der Waals surface area contributed by atoms with E-state index in [1.165, 1.54) is 50.1 Å². The maximum atomic E-state index is 5.03. The van der Waals surface area contributed by atoms with Crippen molar-refractivity contribution in [3.63, 3.8) is 0 Å². The van der Waals surface area contributed by atoms with Gasteiger partial charge in [0.25, 0.3) is 0 Å². The van der Waals surface area contributed by atoms with Crippen molar-refractivity contribution >= 4 is 0 Å². The average Bonchev–Trinajstić information content (AvgIpc) is 3.29. The van der Waals surface area contributed by atoms with E-state index in [1.54, 1.807) is 6.20 Å². The molecule has 9 aromatic rings. The first-order valence-electron chi connectivity index (χ1n) is 19.0. The second-order valence-electron chi connectivity index (χ2n) is 14.5. The van der Waals surface area contributed by atoms with Crippen LogP contribution in [-0.4, -0.2) is 25.1 Å². The fourth-order valence-corrected chi connectivity index (χ4v) is 8.64. The summed E-state index contributed by atoms with van der Waals surface area (Å²) >= 11 is 0. The summed E-state index contributed by atoms with van der Waals surface area (Å²) in [7, 11) is 0. The topological polar surface area (TPSA) is 64.5 Å². The largest absolute Gasteiger partial charge is 0.208 e. The molecular formula is C51H33N5. The minimum absolute atomic E-state index is 0.173. The highest BCUT2D eigenvalue weighted by molar-refractivity contribution is 5.77. The number of hydrogen-bond donors (Lipinski definition) is 0. The first-order chi connectivity index (χ1) is 27.7. The van der Waals surface area contributed by atoms with Crippen LogP contribution in [0.3, 0.4) is 0 Å². The van der Waals surface area contributed by atoms with Gasteiger partial charge >= 0.3 is 0 Å². The third-order valence-corrected chi connectivity index (χ3v) is 11.3. The number of aromatic nitrogens is 5. The fourth-order valence-electron chi connectivity index (χ4n) is 8.64. The third-order valence-electron chi connectivity index (χ3n) is 11.3. The van der Waals surface area contributed by atoms with E-state index in [-0.39, 0.29) is 11.8 Å². The van der Waals surface area contributed by atoms with Crippen LogP contribution in [0.15, 0.2) is 188 Å². The molecule has 0 amide bonds. The molecule has 3 aliphatic carbocycles.